The summed E-state index contributed by atoms with van der Waals surface area (Å²) in [5.74, 6) is 1.97. The van der Waals surface area contributed by atoms with E-state index in [4.69, 9.17) is 0 Å². The van der Waals surface area contributed by atoms with Gasteiger partial charge in [0.2, 0.25) is 0 Å². The second-order valence-corrected chi connectivity index (χ2v) is 4.91. The van der Waals surface area contributed by atoms with E-state index in [2.05, 4.69) is 24.1 Å². The minimum absolute atomic E-state index is 0.746. The molecule has 1 N–H and O–H groups in total. The molecule has 2 rings (SSSR count). The van der Waals surface area contributed by atoms with Gasteiger partial charge in [0.05, 0.1) is 0 Å². The van der Waals surface area contributed by atoms with Gasteiger partial charge in [-0.1, -0.05) is 0 Å². The second-order valence-electron chi connectivity index (χ2n) is 4.91. The summed E-state index contributed by atoms with van der Waals surface area (Å²) in [7, 11) is 0. The molecule has 0 aliphatic carbocycles. The standard InChI is InChI=1S/C11H22N2/c1-9(2)13-5-3-4-10(8-13)11-6-12-7-11/h9-12H,3-8H2,1-2H3. The van der Waals surface area contributed by atoms with Crippen LogP contribution >= 0.6 is 0 Å². The highest BCUT2D eigenvalue weighted by Gasteiger charge is 2.31. The summed E-state index contributed by atoms with van der Waals surface area (Å²) in [4.78, 5) is 2.65. The van der Waals surface area contributed by atoms with Crippen LogP contribution in [0.1, 0.15) is 26.7 Å². The summed E-state index contributed by atoms with van der Waals surface area (Å²) in [6.45, 7) is 9.87. The molecule has 2 nitrogen and oxygen atoms in total. The Morgan fingerprint density at radius 2 is 2.00 bits per heavy atom. The molecule has 2 aliphatic heterocycles. The van der Waals surface area contributed by atoms with E-state index in [1.54, 1.807) is 0 Å². The Morgan fingerprint density at radius 3 is 2.54 bits per heavy atom. The third-order valence-electron chi connectivity index (χ3n) is 3.70. The molecule has 2 fully saturated rings. The average Bonchev–Trinajstić information content (AvgIpc) is 2.01. The summed E-state index contributed by atoms with van der Waals surface area (Å²) >= 11 is 0. The zero-order valence-electron chi connectivity index (χ0n) is 8.92. The fourth-order valence-electron chi connectivity index (χ4n) is 2.54. The van der Waals surface area contributed by atoms with Crippen molar-refractivity contribution in [1.82, 2.24) is 10.2 Å². The van der Waals surface area contributed by atoms with Gasteiger partial charge in [0, 0.05) is 12.6 Å². The first kappa shape index (κ1) is 9.47. The van der Waals surface area contributed by atoms with Crippen molar-refractivity contribution in [3.05, 3.63) is 0 Å². The Kier molecular flexibility index (Phi) is 2.89. The Balaban J connectivity index is 1.84. The fourth-order valence-corrected chi connectivity index (χ4v) is 2.54. The first-order chi connectivity index (χ1) is 6.27. The number of hydrogen-bond donors (Lipinski definition) is 1. The Hall–Kier alpha value is -0.0800. The molecule has 0 radical (unpaired) electrons. The highest BCUT2D eigenvalue weighted by Crippen LogP contribution is 2.27. The molecule has 2 aliphatic rings. The maximum absolute atomic E-state index is 3.38. The summed E-state index contributed by atoms with van der Waals surface area (Å²) in [5, 5.41) is 3.38. The first-order valence-electron chi connectivity index (χ1n) is 5.72. The topological polar surface area (TPSA) is 15.3 Å². The van der Waals surface area contributed by atoms with Crippen molar-refractivity contribution in [2.75, 3.05) is 26.2 Å². The monoisotopic (exact) mass is 182 g/mol. The minimum Gasteiger partial charge on any atom is -0.316 e. The van der Waals surface area contributed by atoms with Crippen molar-refractivity contribution in [2.45, 2.75) is 32.7 Å². The molecule has 1 unspecified atom stereocenters. The van der Waals surface area contributed by atoms with E-state index in [0.29, 0.717) is 0 Å². The van der Waals surface area contributed by atoms with Gasteiger partial charge in [0.1, 0.15) is 0 Å². The van der Waals surface area contributed by atoms with Crippen LogP contribution in [-0.2, 0) is 0 Å². The van der Waals surface area contributed by atoms with Gasteiger partial charge in [-0.2, -0.15) is 0 Å². The molecule has 0 aromatic heterocycles. The van der Waals surface area contributed by atoms with Crippen molar-refractivity contribution in [2.24, 2.45) is 11.8 Å². The predicted octanol–water partition coefficient (Wildman–Crippen LogP) is 1.33. The molecule has 2 heterocycles. The maximum atomic E-state index is 3.38. The molecular formula is C11H22N2. The number of likely N-dealkylation sites (tertiary alicyclic amines) is 1. The molecule has 1 atom stereocenters. The lowest BCUT2D eigenvalue weighted by atomic mass is 9.81. The van der Waals surface area contributed by atoms with E-state index in [1.807, 2.05) is 0 Å². The van der Waals surface area contributed by atoms with Crippen molar-refractivity contribution in [1.29, 1.82) is 0 Å². The van der Waals surface area contributed by atoms with Gasteiger partial charge in [0.25, 0.3) is 0 Å². The molecule has 2 saturated heterocycles. The zero-order chi connectivity index (χ0) is 9.26. The third-order valence-corrected chi connectivity index (χ3v) is 3.70. The van der Waals surface area contributed by atoms with Gasteiger partial charge in [-0.3, -0.25) is 0 Å². The molecule has 0 bridgehead atoms. The Labute approximate surface area is 81.7 Å². The SMILES string of the molecule is CC(C)N1CCCC(C2CNC2)C1. The van der Waals surface area contributed by atoms with E-state index >= 15 is 0 Å². The van der Waals surface area contributed by atoms with Crippen LogP contribution in [0.5, 0.6) is 0 Å². The number of hydrogen-bond acceptors (Lipinski definition) is 2. The summed E-state index contributed by atoms with van der Waals surface area (Å²) < 4.78 is 0. The van der Waals surface area contributed by atoms with Gasteiger partial charge in [-0.25, -0.2) is 0 Å². The van der Waals surface area contributed by atoms with Crippen LogP contribution in [0.25, 0.3) is 0 Å². The highest BCUT2D eigenvalue weighted by molar-refractivity contribution is 4.86. The van der Waals surface area contributed by atoms with Gasteiger partial charge < -0.3 is 10.2 Å². The van der Waals surface area contributed by atoms with Crippen LogP contribution in [0.4, 0.5) is 0 Å². The smallest absolute Gasteiger partial charge is 0.00387 e. The van der Waals surface area contributed by atoms with E-state index in [1.165, 1.54) is 39.0 Å². The number of rotatable bonds is 2. The zero-order valence-corrected chi connectivity index (χ0v) is 8.92. The Morgan fingerprint density at radius 1 is 1.23 bits per heavy atom. The average molecular weight is 182 g/mol. The van der Waals surface area contributed by atoms with Crippen LogP contribution in [0.15, 0.2) is 0 Å². The first-order valence-corrected chi connectivity index (χ1v) is 5.72. The van der Waals surface area contributed by atoms with Crippen molar-refractivity contribution < 1.29 is 0 Å². The van der Waals surface area contributed by atoms with Crippen LogP contribution in [0.3, 0.4) is 0 Å². The molecule has 0 spiro atoms. The molecule has 2 heteroatoms. The van der Waals surface area contributed by atoms with Gasteiger partial charge in [-0.05, 0) is 58.2 Å². The van der Waals surface area contributed by atoms with Crippen LogP contribution in [0.2, 0.25) is 0 Å². The van der Waals surface area contributed by atoms with Crippen LogP contribution in [-0.4, -0.2) is 37.1 Å². The summed E-state index contributed by atoms with van der Waals surface area (Å²) in [5.41, 5.74) is 0. The Bertz CT molecular complexity index is 163. The van der Waals surface area contributed by atoms with E-state index < -0.39 is 0 Å². The summed E-state index contributed by atoms with van der Waals surface area (Å²) in [6.07, 6.45) is 2.88. The number of piperidine rings is 1. The maximum Gasteiger partial charge on any atom is 0.00387 e. The molecular weight excluding hydrogens is 160 g/mol. The molecule has 76 valence electrons. The van der Waals surface area contributed by atoms with Crippen LogP contribution in [0, 0.1) is 11.8 Å². The lowest BCUT2D eigenvalue weighted by Gasteiger charge is -2.42. The van der Waals surface area contributed by atoms with Crippen molar-refractivity contribution >= 4 is 0 Å². The van der Waals surface area contributed by atoms with Crippen molar-refractivity contribution in [3.63, 3.8) is 0 Å². The normalized spacial score (nSPS) is 32.1. The van der Waals surface area contributed by atoms with E-state index in [9.17, 15) is 0 Å². The molecule has 0 saturated carbocycles. The third kappa shape index (κ3) is 2.05. The lowest BCUT2D eigenvalue weighted by molar-refractivity contribution is 0.0873. The fraction of sp³-hybridized carbons (Fsp3) is 1.00. The van der Waals surface area contributed by atoms with Gasteiger partial charge in [0.15, 0.2) is 0 Å². The van der Waals surface area contributed by atoms with Crippen molar-refractivity contribution in [3.8, 4) is 0 Å². The molecule has 0 aromatic rings. The predicted molar refractivity (Wildman–Crippen MR) is 55.8 cm³/mol. The minimum atomic E-state index is 0.746. The number of nitrogens with one attached hydrogen (secondary N) is 1. The second kappa shape index (κ2) is 3.97. The quantitative estimate of drug-likeness (QED) is 0.693. The molecule has 13 heavy (non-hydrogen) atoms. The highest BCUT2D eigenvalue weighted by atomic mass is 15.2. The summed E-state index contributed by atoms with van der Waals surface area (Å²) in [6, 6.07) is 0.746. The van der Waals surface area contributed by atoms with Crippen LogP contribution < -0.4 is 5.32 Å². The molecule has 0 amide bonds. The molecule has 0 aromatic carbocycles. The largest absolute Gasteiger partial charge is 0.316 e. The van der Waals surface area contributed by atoms with E-state index in [-0.39, 0.29) is 0 Å². The van der Waals surface area contributed by atoms with Gasteiger partial charge in [-0.15, -0.1) is 0 Å². The number of nitrogens with zero attached hydrogens (tertiary/aromatic N) is 1. The van der Waals surface area contributed by atoms with E-state index in [0.717, 1.165) is 17.9 Å². The lowest BCUT2D eigenvalue weighted by Crippen LogP contribution is -2.51. The van der Waals surface area contributed by atoms with Gasteiger partial charge >= 0.3 is 0 Å².